The van der Waals surface area contributed by atoms with Gasteiger partial charge in [0.2, 0.25) is 5.91 Å². The summed E-state index contributed by atoms with van der Waals surface area (Å²) in [5.41, 5.74) is 1.25. The summed E-state index contributed by atoms with van der Waals surface area (Å²) < 4.78 is 1.09. The van der Waals surface area contributed by atoms with Gasteiger partial charge in [-0.1, -0.05) is 28.1 Å². The number of amides is 1. The van der Waals surface area contributed by atoms with Crippen LogP contribution in [0.5, 0.6) is 0 Å². The van der Waals surface area contributed by atoms with Gasteiger partial charge in [-0.25, -0.2) is 0 Å². The van der Waals surface area contributed by atoms with E-state index < -0.39 is 0 Å². The molecular weight excluding hydrogens is 268 g/mol. The molecule has 1 heterocycles. The fourth-order valence-corrected chi connectivity index (χ4v) is 2.40. The van der Waals surface area contributed by atoms with Crippen LogP contribution in [-0.4, -0.2) is 37.0 Å². The maximum absolute atomic E-state index is 11.5. The SMILES string of the molecule is CN1C(=O)CNCC1Cc1cccc(Br)c1. The molecule has 0 aliphatic carbocycles. The summed E-state index contributed by atoms with van der Waals surface area (Å²) >= 11 is 3.46. The normalized spacial score (nSPS) is 21.2. The monoisotopic (exact) mass is 282 g/mol. The van der Waals surface area contributed by atoms with Gasteiger partial charge >= 0.3 is 0 Å². The molecule has 1 atom stereocenters. The third kappa shape index (κ3) is 2.62. The van der Waals surface area contributed by atoms with Gasteiger partial charge in [0.05, 0.1) is 6.54 Å². The summed E-state index contributed by atoms with van der Waals surface area (Å²) in [5.74, 6) is 0.172. The van der Waals surface area contributed by atoms with Gasteiger partial charge in [-0.15, -0.1) is 0 Å². The Bertz CT molecular complexity index is 394. The molecule has 1 aliphatic heterocycles. The zero-order valence-corrected chi connectivity index (χ0v) is 10.8. The van der Waals surface area contributed by atoms with Crippen LogP contribution in [0, 0.1) is 0 Å². The Kier molecular flexibility index (Phi) is 3.61. The van der Waals surface area contributed by atoms with Crippen LogP contribution in [0.25, 0.3) is 0 Å². The second-order valence-corrected chi connectivity index (χ2v) is 5.04. The van der Waals surface area contributed by atoms with Crippen LogP contribution in [0.15, 0.2) is 28.7 Å². The number of halogens is 1. The third-order valence-corrected chi connectivity index (χ3v) is 3.45. The van der Waals surface area contributed by atoms with Crippen LogP contribution in [0.1, 0.15) is 5.56 Å². The number of rotatable bonds is 2. The molecule has 3 nitrogen and oxygen atoms in total. The summed E-state index contributed by atoms with van der Waals surface area (Å²) in [6.45, 7) is 1.33. The van der Waals surface area contributed by atoms with Crippen molar-refractivity contribution in [2.45, 2.75) is 12.5 Å². The number of carbonyl (C=O) groups is 1. The second kappa shape index (κ2) is 4.97. The number of likely N-dealkylation sites (N-methyl/N-ethyl adjacent to an activating group) is 1. The van der Waals surface area contributed by atoms with Gasteiger partial charge < -0.3 is 10.2 Å². The van der Waals surface area contributed by atoms with Gasteiger partial charge in [0.1, 0.15) is 0 Å². The molecule has 1 aliphatic rings. The molecule has 86 valence electrons. The minimum Gasteiger partial charge on any atom is -0.340 e. The minimum absolute atomic E-state index is 0.172. The summed E-state index contributed by atoms with van der Waals surface area (Å²) in [4.78, 5) is 13.4. The lowest BCUT2D eigenvalue weighted by Gasteiger charge is -2.33. The average molecular weight is 283 g/mol. The van der Waals surface area contributed by atoms with Crippen molar-refractivity contribution >= 4 is 21.8 Å². The summed E-state index contributed by atoms with van der Waals surface area (Å²) in [6, 6.07) is 8.50. The molecule has 0 aromatic heterocycles. The van der Waals surface area contributed by atoms with Gasteiger partial charge in [-0.05, 0) is 24.1 Å². The van der Waals surface area contributed by atoms with Crippen molar-refractivity contribution in [2.75, 3.05) is 20.1 Å². The van der Waals surface area contributed by atoms with Gasteiger partial charge in [-0.3, -0.25) is 4.79 Å². The van der Waals surface area contributed by atoms with Gasteiger partial charge in [0, 0.05) is 24.1 Å². The summed E-state index contributed by atoms with van der Waals surface area (Å²) in [5, 5.41) is 3.15. The molecule has 0 bridgehead atoms. The molecule has 1 aromatic rings. The van der Waals surface area contributed by atoms with E-state index in [2.05, 4.69) is 33.4 Å². The standard InChI is InChI=1S/C12H15BrN2O/c1-15-11(7-14-8-12(15)16)6-9-3-2-4-10(13)5-9/h2-5,11,14H,6-8H2,1H3. The van der Waals surface area contributed by atoms with E-state index in [9.17, 15) is 4.79 Å². The van der Waals surface area contributed by atoms with Gasteiger partial charge in [-0.2, -0.15) is 0 Å². The first-order valence-corrected chi connectivity index (χ1v) is 6.17. The number of piperazine rings is 1. The van der Waals surface area contributed by atoms with Gasteiger partial charge in [0.15, 0.2) is 0 Å². The van der Waals surface area contributed by atoms with Crippen molar-refractivity contribution in [3.63, 3.8) is 0 Å². The highest BCUT2D eigenvalue weighted by molar-refractivity contribution is 9.10. The number of hydrogen-bond donors (Lipinski definition) is 1. The van der Waals surface area contributed by atoms with E-state index >= 15 is 0 Å². The molecule has 1 amide bonds. The topological polar surface area (TPSA) is 32.3 Å². The highest BCUT2D eigenvalue weighted by atomic mass is 79.9. The Labute approximate surface area is 104 Å². The lowest BCUT2D eigenvalue weighted by molar-refractivity contribution is -0.133. The molecule has 1 saturated heterocycles. The number of nitrogens with zero attached hydrogens (tertiary/aromatic N) is 1. The molecule has 0 saturated carbocycles. The predicted octanol–water partition coefficient (Wildman–Crippen LogP) is 1.42. The number of benzene rings is 1. The minimum atomic E-state index is 0.172. The Morgan fingerprint density at radius 3 is 3.12 bits per heavy atom. The van der Waals surface area contributed by atoms with E-state index in [0.29, 0.717) is 6.54 Å². The molecule has 2 rings (SSSR count). The summed E-state index contributed by atoms with van der Waals surface area (Å²) in [7, 11) is 1.88. The predicted molar refractivity (Wildman–Crippen MR) is 67.3 cm³/mol. The van der Waals surface area contributed by atoms with Crippen molar-refractivity contribution in [1.82, 2.24) is 10.2 Å². The highest BCUT2D eigenvalue weighted by Crippen LogP contribution is 2.15. The zero-order chi connectivity index (χ0) is 11.5. The van der Waals surface area contributed by atoms with Crippen LogP contribution in [0.3, 0.4) is 0 Å². The third-order valence-electron chi connectivity index (χ3n) is 2.96. The number of carbonyl (C=O) groups excluding carboxylic acids is 1. The fourth-order valence-electron chi connectivity index (χ4n) is 1.96. The Balaban J connectivity index is 2.06. The van der Waals surface area contributed by atoms with E-state index in [1.165, 1.54) is 5.56 Å². The highest BCUT2D eigenvalue weighted by Gasteiger charge is 2.24. The van der Waals surface area contributed by atoms with E-state index in [4.69, 9.17) is 0 Å². The maximum atomic E-state index is 11.5. The molecule has 1 fully saturated rings. The fraction of sp³-hybridized carbons (Fsp3) is 0.417. The quantitative estimate of drug-likeness (QED) is 0.890. The van der Waals surface area contributed by atoms with Crippen molar-refractivity contribution < 1.29 is 4.79 Å². The average Bonchev–Trinajstić information content (AvgIpc) is 2.25. The van der Waals surface area contributed by atoms with E-state index in [0.717, 1.165) is 17.4 Å². The first-order chi connectivity index (χ1) is 7.66. The molecular formula is C12H15BrN2O. The van der Waals surface area contributed by atoms with Crippen LogP contribution in [-0.2, 0) is 11.2 Å². The smallest absolute Gasteiger partial charge is 0.236 e. The second-order valence-electron chi connectivity index (χ2n) is 4.12. The Hall–Kier alpha value is -0.870. The van der Waals surface area contributed by atoms with Gasteiger partial charge in [0.25, 0.3) is 0 Å². The molecule has 0 radical (unpaired) electrons. The maximum Gasteiger partial charge on any atom is 0.236 e. The van der Waals surface area contributed by atoms with Crippen LogP contribution < -0.4 is 5.32 Å². The van der Waals surface area contributed by atoms with E-state index in [1.807, 2.05) is 24.1 Å². The number of nitrogens with one attached hydrogen (secondary N) is 1. The molecule has 1 unspecified atom stereocenters. The van der Waals surface area contributed by atoms with Crippen molar-refractivity contribution in [2.24, 2.45) is 0 Å². The largest absolute Gasteiger partial charge is 0.340 e. The Morgan fingerprint density at radius 2 is 2.38 bits per heavy atom. The first-order valence-electron chi connectivity index (χ1n) is 5.37. The van der Waals surface area contributed by atoms with Crippen LogP contribution in [0.2, 0.25) is 0 Å². The zero-order valence-electron chi connectivity index (χ0n) is 9.24. The first kappa shape index (κ1) is 11.6. The van der Waals surface area contributed by atoms with Crippen molar-refractivity contribution in [3.8, 4) is 0 Å². The Morgan fingerprint density at radius 1 is 1.56 bits per heavy atom. The number of hydrogen-bond acceptors (Lipinski definition) is 2. The van der Waals surface area contributed by atoms with E-state index in [1.54, 1.807) is 0 Å². The van der Waals surface area contributed by atoms with Crippen LogP contribution >= 0.6 is 15.9 Å². The van der Waals surface area contributed by atoms with Crippen molar-refractivity contribution in [3.05, 3.63) is 34.3 Å². The molecule has 1 aromatic carbocycles. The lowest BCUT2D eigenvalue weighted by atomic mass is 10.0. The lowest BCUT2D eigenvalue weighted by Crippen LogP contribution is -2.53. The van der Waals surface area contributed by atoms with Crippen LogP contribution in [0.4, 0.5) is 0 Å². The molecule has 0 spiro atoms. The molecule has 16 heavy (non-hydrogen) atoms. The molecule has 4 heteroatoms. The summed E-state index contributed by atoms with van der Waals surface area (Å²) in [6.07, 6.45) is 0.898. The molecule has 1 N–H and O–H groups in total. The van der Waals surface area contributed by atoms with E-state index in [-0.39, 0.29) is 11.9 Å². The van der Waals surface area contributed by atoms with Crippen molar-refractivity contribution in [1.29, 1.82) is 0 Å².